The fraction of sp³-hybridized carbons (Fsp3) is 0.429. The summed E-state index contributed by atoms with van der Waals surface area (Å²) in [5.74, 6) is -0.728. The van der Waals surface area contributed by atoms with E-state index in [9.17, 15) is 14.9 Å². The van der Waals surface area contributed by atoms with Crippen LogP contribution < -0.4 is 0 Å². The smallest absolute Gasteiger partial charge is 0.342 e. The average Bonchev–Trinajstić information content (AvgIpc) is 2.43. The van der Waals surface area contributed by atoms with Gasteiger partial charge >= 0.3 is 11.8 Å². The predicted molar refractivity (Wildman–Crippen MR) is 45.9 cm³/mol. The predicted octanol–water partition coefficient (Wildman–Crippen LogP) is 0.574. The van der Waals surface area contributed by atoms with Gasteiger partial charge in [-0.1, -0.05) is 0 Å². The molecule has 1 heterocycles. The molecular formula is C7H9N3O4. The first-order valence-electron chi connectivity index (χ1n) is 3.90. The lowest BCUT2D eigenvalue weighted by molar-refractivity contribution is -0.392. The number of hydrogen-bond donors (Lipinski definition) is 1. The lowest BCUT2D eigenvalue weighted by atomic mass is 10.4. The number of rotatable bonds is 4. The first kappa shape index (κ1) is 10.2. The van der Waals surface area contributed by atoms with Crippen LogP contribution in [0.3, 0.4) is 0 Å². The van der Waals surface area contributed by atoms with Crippen LogP contribution in [0.15, 0.2) is 6.20 Å². The van der Waals surface area contributed by atoms with Crippen molar-refractivity contribution in [3.05, 3.63) is 22.1 Å². The molecule has 0 spiro atoms. The van der Waals surface area contributed by atoms with E-state index in [1.807, 2.05) is 0 Å². The van der Waals surface area contributed by atoms with Gasteiger partial charge in [0.1, 0.15) is 12.7 Å². The summed E-state index contributed by atoms with van der Waals surface area (Å²) in [7, 11) is 0. The minimum Gasteiger partial charge on any atom is -0.481 e. The van der Waals surface area contributed by atoms with Gasteiger partial charge in [0.25, 0.3) is 0 Å². The van der Waals surface area contributed by atoms with Crippen molar-refractivity contribution in [3.63, 3.8) is 0 Å². The quantitative estimate of drug-likeness (QED) is 0.564. The van der Waals surface area contributed by atoms with E-state index in [0.29, 0.717) is 5.82 Å². The zero-order valence-corrected chi connectivity index (χ0v) is 7.51. The van der Waals surface area contributed by atoms with Gasteiger partial charge in [-0.25, -0.2) is 9.55 Å². The standard InChI is InChI=1S/C7H9N3O4/c1-5-8-4-6(10(13)14)9(5)3-2-7(11)12/h4H,2-3H2,1H3,(H,11,12). The zero-order chi connectivity index (χ0) is 10.7. The maximum atomic E-state index is 10.5. The molecule has 0 unspecified atom stereocenters. The Kier molecular flexibility index (Phi) is 2.80. The Hall–Kier alpha value is -1.92. The van der Waals surface area contributed by atoms with Crippen molar-refractivity contribution < 1.29 is 14.8 Å². The fourth-order valence-corrected chi connectivity index (χ4v) is 1.09. The third kappa shape index (κ3) is 2.06. The number of hydrogen-bond acceptors (Lipinski definition) is 4. The van der Waals surface area contributed by atoms with Crippen LogP contribution in [0, 0.1) is 17.0 Å². The van der Waals surface area contributed by atoms with Gasteiger partial charge in [-0.2, -0.15) is 0 Å². The second-order valence-corrected chi connectivity index (χ2v) is 2.72. The summed E-state index contributed by atoms with van der Waals surface area (Å²) in [5, 5.41) is 18.9. The molecule has 0 bridgehead atoms. The molecule has 0 saturated heterocycles. The molecule has 0 amide bonds. The van der Waals surface area contributed by atoms with Gasteiger partial charge in [0.05, 0.1) is 6.42 Å². The first-order chi connectivity index (χ1) is 6.52. The highest BCUT2D eigenvalue weighted by Crippen LogP contribution is 2.13. The van der Waals surface area contributed by atoms with E-state index in [1.54, 1.807) is 6.92 Å². The van der Waals surface area contributed by atoms with Gasteiger partial charge in [-0.15, -0.1) is 0 Å². The molecule has 0 radical (unpaired) electrons. The maximum absolute atomic E-state index is 10.5. The Morgan fingerprint density at radius 3 is 2.93 bits per heavy atom. The monoisotopic (exact) mass is 199 g/mol. The summed E-state index contributed by atoms with van der Waals surface area (Å²) in [4.78, 5) is 23.9. The van der Waals surface area contributed by atoms with Crippen LogP contribution in [-0.2, 0) is 11.3 Å². The van der Waals surface area contributed by atoms with Crippen molar-refractivity contribution in [2.75, 3.05) is 0 Å². The van der Waals surface area contributed by atoms with E-state index in [4.69, 9.17) is 5.11 Å². The van der Waals surface area contributed by atoms with Crippen molar-refractivity contribution in [3.8, 4) is 0 Å². The van der Waals surface area contributed by atoms with Crippen LogP contribution in [-0.4, -0.2) is 25.6 Å². The molecule has 7 nitrogen and oxygen atoms in total. The molecule has 1 aromatic heterocycles. The first-order valence-corrected chi connectivity index (χ1v) is 3.90. The minimum absolute atomic E-state index is 0.0669. The molecule has 1 aromatic rings. The molecule has 0 aliphatic heterocycles. The van der Waals surface area contributed by atoms with Gasteiger partial charge in [0, 0.05) is 6.92 Å². The van der Waals surface area contributed by atoms with E-state index in [-0.39, 0.29) is 18.8 Å². The van der Waals surface area contributed by atoms with Crippen LogP contribution in [0.1, 0.15) is 12.2 Å². The van der Waals surface area contributed by atoms with Crippen LogP contribution in [0.4, 0.5) is 5.82 Å². The number of carbonyl (C=O) groups is 1. The van der Waals surface area contributed by atoms with E-state index in [1.165, 1.54) is 4.57 Å². The van der Waals surface area contributed by atoms with Gasteiger partial charge < -0.3 is 15.2 Å². The molecule has 0 fully saturated rings. The molecule has 14 heavy (non-hydrogen) atoms. The second kappa shape index (κ2) is 3.86. The normalized spacial score (nSPS) is 10.1. The summed E-state index contributed by atoms with van der Waals surface area (Å²) in [6.07, 6.45) is 0.967. The summed E-state index contributed by atoms with van der Waals surface area (Å²) >= 11 is 0. The lowest BCUT2D eigenvalue weighted by Crippen LogP contribution is -2.08. The van der Waals surface area contributed by atoms with Crippen molar-refractivity contribution in [1.82, 2.24) is 9.55 Å². The Labute approximate surface area is 79.1 Å². The lowest BCUT2D eigenvalue weighted by Gasteiger charge is -1.99. The molecule has 0 aliphatic carbocycles. The number of aromatic nitrogens is 2. The number of nitrogens with zero attached hydrogens (tertiary/aromatic N) is 3. The average molecular weight is 199 g/mol. The fourth-order valence-electron chi connectivity index (χ4n) is 1.09. The second-order valence-electron chi connectivity index (χ2n) is 2.72. The summed E-state index contributed by atoms with van der Waals surface area (Å²) in [5.41, 5.74) is 0. The molecule has 1 N–H and O–H groups in total. The molecule has 0 aromatic carbocycles. The van der Waals surface area contributed by atoms with Crippen molar-refractivity contribution >= 4 is 11.8 Å². The number of aryl methyl sites for hydroxylation is 1. The summed E-state index contributed by atoms with van der Waals surface area (Å²) < 4.78 is 1.27. The highest BCUT2D eigenvalue weighted by molar-refractivity contribution is 5.66. The molecule has 76 valence electrons. The van der Waals surface area contributed by atoms with Crippen LogP contribution in [0.2, 0.25) is 0 Å². The Morgan fingerprint density at radius 2 is 2.43 bits per heavy atom. The largest absolute Gasteiger partial charge is 0.481 e. The molecule has 0 atom stereocenters. The van der Waals surface area contributed by atoms with Crippen LogP contribution >= 0.6 is 0 Å². The van der Waals surface area contributed by atoms with E-state index < -0.39 is 10.9 Å². The highest BCUT2D eigenvalue weighted by Gasteiger charge is 2.17. The van der Waals surface area contributed by atoms with E-state index in [2.05, 4.69) is 4.98 Å². The van der Waals surface area contributed by atoms with Crippen LogP contribution in [0.25, 0.3) is 0 Å². The van der Waals surface area contributed by atoms with Crippen molar-refractivity contribution in [2.24, 2.45) is 0 Å². The highest BCUT2D eigenvalue weighted by atomic mass is 16.6. The Balaban J connectivity index is 2.88. The molecular weight excluding hydrogens is 190 g/mol. The Bertz CT molecular complexity index is 371. The molecule has 0 aliphatic rings. The van der Waals surface area contributed by atoms with E-state index in [0.717, 1.165) is 6.20 Å². The molecule has 0 saturated carbocycles. The summed E-state index contributed by atoms with van der Waals surface area (Å²) in [6, 6.07) is 0. The van der Waals surface area contributed by atoms with Gasteiger partial charge in [-0.3, -0.25) is 4.79 Å². The SMILES string of the molecule is Cc1ncc([N+](=O)[O-])n1CCC(=O)O. The Morgan fingerprint density at radius 1 is 1.79 bits per heavy atom. The third-order valence-corrected chi connectivity index (χ3v) is 1.77. The number of nitro groups is 1. The zero-order valence-electron chi connectivity index (χ0n) is 7.51. The van der Waals surface area contributed by atoms with Crippen molar-refractivity contribution in [1.29, 1.82) is 0 Å². The molecule has 7 heteroatoms. The van der Waals surface area contributed by atoms with Crippen LogP contribution in [0.5, 0.6) is 0 Å². The van der Waals surface area contributed by atoms with Gasteiger partial charge in [0.15, 0.2) is 5.82 Å². The number of aliphatic carboxylic acids is 1. The number of imidazole rings is 1. The minimum atomic E-state index is -0.993. The van der Waals surface area contributed by atoms with Crippen molar-refractivity contribution in [2.45, 2.75) is 19.9 Å². The number of carboxylic acid groups (broad SMARTS) is 1. The summed E-state index contributed by atoms with van der Waals surface area (Å²) in [6.45, 7) is 1.66. The van der Waals surface area contributed by atoms with Gasteiger partial charge in [-0.05, 0) is 4.92 Å². The maximum Gasteiger partial charge on any atom is 0.342 e. The number of carboxylic acids is 1. The van der Waals surface area contributed by atoms with Gasteiger partial charge in [0.2, 0.25) is 0 Å². The molecule has 1 rings (SSSR count). The topological polar surface area (TPSA) is 98.3 Å². The third-order valence-electron chi connectivity index (χ3n) is 1.77. The van der Waals surface area contributed by atoms with E-state index >= 15 is 0 Å².